The van der Waals surface area contributed by atoms with Crippen molar-refractivity contribution in [1.82, 2.24) is 0 Å². The van der Waals surface area contributed by atoms with Crippen molar-refractivity contribution in [3.8, 4) is 0 Å². The number of nitrogens with zero attached hydrogens (tertiary/aromatic N) is 1. The Kier molecular flexibility index (Phi) is 6.60. The zero-order valence-corrected chi connectivity index (χ0v) is 12.6. The first-order chi connectivity index (χ1) is 9.86. The monoisotopic (exact) mass is 314 g/mol. The normalized spacial score (nSPS) is 13.5. The third-order valence-corrected chi connectivity index (χ3v) is 3.76. The van der Waals surface area contributed by atoms with Crippen molar-refractivity contribution in [1.29, 1.82) is 0 Å². The van der Waals surface area contributed by atoms with Gasteiger partial charge >= 0.3 is 0 Å². The van der Waals surface area contributed by atoms with Crippen LogP contribution in [0, 0.1) is 10.1 Å². The van der Waals surface area contributed by atoms with Crippen molar-refractivity contribution in [2.75, 3.05) is 18.1 Å². The van der Waals surface area contributed by atoms with Crippen LogP contribution in [0.2, 0.25) is 0 Å². The van der Waals surface area contributed by atoms with E-state index in [4.69, 9.17) is 0 Å². The maximum absolute atomic E-state index is 11.0. The number of carbonyl (C=O) groups is 1. The Morgan fingerprint density at radius 1 is 1.48 bits per heavy atom. The maximum Gasteiger partial charge on any atom is 0.292 e. The number of aliphatic hydroxyl groups is 2. The molecule has 116 valence electrons. The van der Waals surface area contributed by atoms with Gasteiger partial charge in [0.05, 0.1) is 11.0 Å². The molecule has 0 aliphatic carbocycles. The van der Waals surface area contributed by atoms with Crippen molar-refractivity contribution in [3.63, 3.8) is 0 Å². The molecule has 0 aliphatic heterocycles. The lowest BCUT2D eigenvalue weighted by molar-refractivity contribution is -0.384. The Morgan fingerprint density at radius 2 is 2.14 bits per heavy atom. The topological polar surface area (TPSA) is 113 Å². The molecule has 8 heteroatoms. The van der Waals surface area contributed by atoms with E-state index in [-0.39, 0.29) is 22.8 Å². The van der Waals surface area contributed by atoms with Gasteiger partial charge in [-0.05, 0) is 18.1 Å². The zero-order chi connectivity index (χ0) is 16.0. The number of anilines is 1. The summed E-state index contributed by atoms with van der Waals surface area (Å²) in [7, 11) is 1.56. The van der Waals surface area contributed by atoms with E-state index in [1.807, 2.05) is 0 Å². The first-order valence-corrected chi connectivity index (χ1v) is 7.31. The molecule has 21 heavy (non-hydrogen) atoms. The van der Waals surface area contributed by atoms with Crippen LogP contribution >= 0.6 is 11.8 Å². The van der Waals surface area contributed by atoms with Crippen molar-refractivity contribution < 1.29 is 19.9 Å². The number of carbonyl (C=O) groups excluding carboxylic acids is 1. The number of nitro groups is 1. The van der Waals surface area contributed by atoms with Crippen LogP contribution in [0.1, 0.15) is 25.0 Å². The highest BCUT2D eigenvalue weighted by atomic mass is 32.2. The van der Waals surface area contributed by atoms with Gasteiger partial charge in [-0.2, -0.15) is 0 Å². The highest BCUT2D eigenvalue weighted by molar-refractivity contribution is 8.13. The highest BCUT2D eigenvalue weighted by Crippen LogP contribution is 2.29. The fourth-order valence-corrected chi connectivity index (χ4v) is 2.45. The standard InChI is InChI=1S/C13H18N2O5S/c1-8(16)21-6-5-12(17)13(18)9-3-4-10(14-2)11(7-9)15(19)20/h3-4,7,12-14,17-18H,5-6H2,1-2H3. The number of benzene rings is 1. The molecule has 0 aliphatic rings. The van der Waals surface area contributed by atoms with Gasteiger partial charge in [-0.1, -0.05) is 17.8 Å². The summed E-state index contributed by atoms with van der Waals surface area (Å²) < 4.78 is 0. The van der Waals surface area contributed by atoms with E-state index < -0.39 is 17.1 Å². The molecule has 0 saturated carbocycles. The quantitative estimate of drug-likeness (QED) is 0.518. The summed E-state index contributed by atoms with van der Waals surface area (Å²) in [5.74, 6) is 0.379. The SMILES string of the molecule is CNc1ccc(C(O)C(O)CCSC(C)=O)cc1[N+](=O)[O-]. The average Bonchev–Trinajstić information content (AvgIpc) is 2.45. The predicted molar refractivity (Wildman–Crippen MR) is 81.4 cm³/mol. The summed E-state index contributed by atoms with van der Waals surface area (Å²) in [4.78, 5) is 21.2. The summed E-state index contributed by atoms with van der Waals surface area (Å²) in [6.45, 7) is 1.42. The summed E-state index contributed by atoms with van der Waals surface area (Å²) in [5.41, 5.74) is 0.429. The third-order valence-electron chi connectivity index (χ3n) is 2.91. The van der Waals surface area contributed by atoms with Crippen LogP contribution in [-0.2, 0) is 4.79 Å². The fourth-order valence-electron chi connectivity index (χ4n) is 1.80. The Hall–Kier alpha value is -1.64. The average molecular weight is 314 g/mol. The minimum absolute atomic E-state index is 0.0642. The molecule has 1 aromatic rings. The number of nitro benzene ring substituents is 1. The molecular weight excluding hydrogens is 296 g/mol. The van der Waals surface area contributed by atoms with Crippen molar-refractivity contribution >= 4 is 28.3 Å². The molecular formula is C13H18N2O5S. The second-order valence-electron chi connectivity index (χ2n) is 4.42. The zero-order valence-electron chi connectivity index (χ0n) is 11.8. The van der Waals surface area contributed by atoms with E-state index >= 15 is 0 Å². The van der Waals surface area contributed by atoms with Gasteiger partial charge in [-0.25, -0.2) is 0 Å². The molecule has 0 saturated heterocycles. The van der Waals surface area contributed by atoms with Crippen LogP contribution in [0.25, 0.3) is 0 Å². The Bertz CT molecular complexity index is 523. The first kappa shape index (κ1) is 17.4. The van der Waals surface area contributed by atoms with Gasteiger partial charge < -0.3 is 15.5 Å². The van der Waals surface area contributed by atoms with E-state index in [1.165, 1.54) is 25.1 Å². The Balaban J connectivity index is 2.81. The van der Waals surface area contributed by atoms with Gasteiger partial charge in [-0.3, -0.25) is 14.9 Å². The molecule has 0 heterocycles. The largest absolute Gasteiger partial charge is 0.390 e. The lowest BCUT2D eigenvalue weighted by Crippen LogP contribution is -2.19. The van der Waals surface area contributed by atoms with Gasteiger partial charge in [-0.15, -0.1) is 0 Å². The number of aliphatic hydroxyl groups excluding tert-OH is 2. The number of rotatable bonds is 7. The van der Waals surface area contributed by atoms with Gasteiger partial charge in [0, 0.05) is 25.8 Å². The number of hydrogen-bond acceptors (Lipinski definition) is 7. The second kappa shape index (κ2) is 7.96. The lowest BCUT2D eigenvalue weighted by atomic mass is 10.0. The number of nitrogens with one attached hydrogen (secondary N) is 1. The molecule has 1 aromatic carbocycles. The molecule has 0 fully saturated rings. The van der Waals surface area contributed by atoms with Crippen LogP contribution in [0.5, 0.6) is 0 Å². The van der Waals surface area contributed by atoms with Crippen molar-refractivity contribution in [2.24, 2.45) is 0 Å². The number of hydrogen-bond donors (Lipinski definition) is 3. The van der Waals surface area contributed by atoms with E-state index in [0.717, 1.165) is 11.8 Å². The molecule has 0 aromatic heterocycles. The van der Waals surface area contributed by atoms with E-state index in [2.05, 4.69) is 5.32 Å². The molecule has 0 amide bonds. The van der Waals surface area contributed by atoms with E-state index in [9.17, 15) is 25.1 Å². The fraction of sp³-hybridized carbons (Fsp3) is 0.462. The third kappa shape index (κ3) is 5.00. The van der Waals surface area contributed by atoms with Crippen molar-refractivity contribution in [3.05, 3.63) is 33.9 Å². The molecule has 1 rings (SSSR count). The summed E-state index contributed by atoms with van der Waals surface area (Å²) >= 11 is 1.06. The lowest BCUT2D eigenvalue weighted by Gasteiger charge is -2.18. The molecule has 0 radical (unpaired) electrons. The van der Waals surface area contributed by atoms with Gasteiger partial charge in [0.1, 0.15) is 11.8 Å². The van der Waals surface area contributed by atoms with Crippen LogP contribution in [0.4, 0.5) is 11.4 Å². The Morgan fingerprint density at radius 3 is 2.67 bits per heavy atom. The predicted octanol–water partition coefficient (Wildman–Crippen LogP) is 1.70. The molecule has 7 nitrogen and oxygen atoms in total. The maximum atomic E-state index is 11.0. The molecule has 0 spiro atoms. The van der Waals surface area contributed by atoms with Gasteiger partial charge in [0.2, 0.25) is 0 Å². The summed E-state index contributed by atoms with van der Waals surface area (Å²) in [5, 5.41) is 33.5. The molecule has 2 unspecified atom stereocenters. The highest BCUT2D eigenvalue weighted by Gasteiger charge is 2.22. The second-order valence-corrected chi connectivity index (χ2v) is 5.70. The Labute approximate surface area is 126 Å². The van der Waals surface area contributed by atoms with Crippen LogP contribution in [0.3, 0.4) is 0 Å². The van der Waals surface area contributed by atoms with E-state index in [1.54, 1.807) is 7.05 Å². The number of thioether (sulfide) groups is 1. The summed E-state index contributed by atoms with van der Waals surface area (Å²) in [6.07, 6.45) is -2.11. The van der Waals surface area contributed by atoms with Gasteiger partial charge in [0.25, 0.3) is 5.69 Å². The minimum atomic E-state index is -1.23. The van der Waals surface area contributed by atoms with E-state index in [0.29, 0.717) is 11.4 Å². The first-order valence-electron chi connectivity index (χ1n) is 6.32. The molecule has 2 atom stereocenters. The summed E-state index contributed by atoms with van der Waals surface area (Å²) in [6, 6.07) is 4.23. The van der Waals surface area contributed by atoms with Crippen molar-refractivity contribution in [2.45, 2.75) is 25.6 Å². The van der Waals surface area contributed by atoms with Gasteiger partial charge in [0.15, 0.2) is 5.12 Å². The van der Waals surface area contributed by atoms with Crippen LogP contribution in [-0.4, -0.2) is 39.2 Å². The van der Waals surface area contributed by atoms with Crippen LogP contribution in [0.15, 0.2) is 18.2 Å². The minimum Gasteiger partial charge on any atom is -0.390 e. The molecule has 3 N–H and O–H groups in total. The smallest absolute Gasteiger partial charge is 0.292 e. The van der Waals surface area contributed by atoms with Crippen LogP contribution < -0.4 is 5.32 Å². The molecule has 0 bridgehead atoms.